The van der Waals surface area contributed by atoms with E-state index in [1.807, 2.05) is 0 Å². The van der Waals surface area contributed by atoms with Gasteiger partial charge in [0, 0.05) is 13.0 Å². The summed E-state index contributed by atoms with van der Waals surface area (Å²) in [6.07, 6.45) is 0.653. The Morgan fingerprint density at radius 2 is 2.18 bits per heavy atom. The number of nitrogens with two attached hydrogens (primary N) is 1. The summed E-state index contributed by atoms with van der Waals surface area (Å²) in [6, 6.07) is 0. The van der Waals surface area contributed by atoms with Crippen LogP contribution in [0, 0.1) is 6.92 Å². The molecule has 2 N–H and O–H groups in total. The number of hydrogen-bond acceptors (Lipinski definition) is 6. The molecule has 0 bridgehead atoms. The zero-order chi connectivity index (χ0) is 16.0. The van der Waals surface area contributed by atoms with Gasteiger partial charge in [0.05, 0.1) is 5.39 Å². The summed E-state index contributed by atoms with van der Waals surface area (Å²) < 4.78 is 6.67. The fourth-order valence-corrected chi connectivity index (χ4v) is 3.62. The third-order valence-corrected chi connectivity index (χ3v) is 4.95. The van der Waals surface area contributed by atoms with Crippen LogP contribution in [0.2, 0.25) is 0 Å². The average molecular weight is 321 g/mol. The molecule has 0 saturated heterocycles. The number of rotatable bonds is 3. The molecule has 0 aromatic carbocycles. The fraction of sp³-hybridized carbons (Fsp3) is 0.429. The zero-order valence-electron chi connectivity index (χ0n) is 12.2. The van der Waals surface area contributed by atoms with E-state index in [2.05, 4.69) is 4.98 Å². The Bertz CT molecular complexity index is 852. The van der Waals surface area contributed by atoms with Crippen molar-refractivity contribution in [2.24, 2.45) is 5.73 Å². The van der Waals surface area contributed by atoms with Crippen LogP contribution in [0.25, 0.3) is 10.2 Å². The number of hydrogen-bond donors (Lipinski definition) is 1. The Labute approximate surface area is 129 Å². The number of ether oxygens (including phenoxy) is 1. The molecule has 7 nitrogen and oxygen atoms in total. The summed E-state index contributed by atoms with van der Waals surface area (Å²) in [7, 11) is 0. The molecule has 3 rings (SSSR count). The lowest BCUT2D eigenvalue weighted by Crippen LogP contribution is -2.30. The topological polar surface area (TPSA) is 104 Å². The second-order valence-electron chi connectivity index (χ2n) is 5.27. The fourth-order valence-electron chi connectivity index (χ4n) is 2.54. The molecule has 22 heavy (non-hydrogen) atoms. The molecule has 0 saturated carbocycles. The molecule has 2 aromatic heterocycles. The second kappa shape index (κ2) is 5.20. The quantitative estimate of drug-likeness (QED) is 0.840. The van der Waals surface area contributed by atoms with Gasteiger partial charge in [-0.2, -0.15) is 0 Å². The van der Waals surface area contributed by atoms with Crippen LogP contribution in [0.5, 0.6) is 0 Å². The number of carbonyl (C=O) groups is 2. The first-order chi connectivity index (χ1) is 10.4. The van der Waals surface area contributed by atoms with Crippen molar-refractivity contribution in [1.29, 1.82) is 0 Å². The summed E-state index contributed by atoms with van der Waals surface area (Å²) in [6.45, 7) is 3.75. The lowest BCUT2D eigenvalue weighted by Gasteiger charge is -2.08. The Morgan fingerprint density at radius 1 is 1.45 bits per heavy atom. The van der Waals surface area contributed by atoms with Crippen molar-refractivity contribution in [3.05, 3.63) is 26.6 Å². The Balaban J connectivity index is 2.08. The number of aryl methyl sites for hydroxylation is 2. The molecule has 1 amide bonds. The summed E-state index contributed by atoms with van der Waals surface area (Å²) in [5.74, 6) is -0.621. The Morgan fingerprint density at radius 3 is 2.86 bits per heavy atom. The van der Waals surface area contributed by atoms with Crippen LogP contribution in [0.15, 0.2) is 4.79 Å². The minimum atomic E-state index is -1.02. The third-order valence-electron chi connectivity index (χ3n) is 3.78. The van der Waals surface area contributed by atoms with Crippen LogP contribution >= 0.6 is 11.3 Å². The van der Waals surface area contributed by atoms with E-state index in [4.69, 9.17) is 10.5 Å². The molecular formula is C14H15N3O4S. The van der Waals surface area contributed by atoms with E-state index in [1.165, 1.54) is 6.92 Å². The van der Waals surface area contributed by atoms with Crippen LogP contribution in [0.3, 0.4) is 0 Å². The van der Waals surface area contributed by atoms with Crippen molar-refractivity contribution in [3.8, 4) is 0 Å². The Kier molecular flexibility index (Phi) is 3.48. The standard InChI is InChI=1S/C14H15N3O4S/c1-6-9-12(16-8-4-3-5-17(8)13(9)19)22-10(6)14(20)21-7(2)11(15)18/h7H,3-5H2,1-2H3,(H2,15,18). The van der Waals surface area contributed by atoms with Crippen LogP contribution in [0.4, 0.5) is 0 Å². The summed E-state index contributed by atoms with van der Waals surface area (Å²) in [5, 5.41) is 0.453. The number of fused-ring (bicyclic) bond motifs is 2. The van der Waals surface area contributed by atoms with E-state index in [-0.39, 0.29) is 10.4 Å². The van der Waals surface area contributed by atoms with Gasteiger partial charge in [0.1, 0.15) is 15.5 Å². The van der Waals surface area contributed by atoms with Crippen molar-refractivity contribution in [1.82, 2.24) is 9.55 Å². The van der Waals surface area contributed by atoms with Crippen molar-refractivity contribution in [2.75, 3.05) is 0 Å². The maximum absolute atomic E-state index is 12.5. The Hall–Kier alpha value is -2.22. The first kappa shape index (κ1) is 14.7. The molecule has 0 spiro atoms. The number of thiophene rings is 1. The van der Waals surface area contributed by atoms with Gasteiger partial charge in [0.15, 0.2) is 6.10 Å². The number of amides is 1. The van der Waals surface area contributed by atoms with Gasteiger partial charge in [0.25, 0.3) is 11.5 Å². The largest absolute Gasteiger partial charge is 0.448 e. The van der Waals surface area contributed by atoms with E-state index in [0.29, 0.717) is 22.3 Å². The highest BCUT2D eigenvalue weighted by Gasteiger charge is 2.25. The van der Waals surface area contributed by atoms with E-state index in [0.717, 1.165) is 30.0 Å². The van der Waals surface area contributed by atoms with Crippen LogP contribution in [0.1, 0.15) is 34.4 Å². The van der Waals surface area contributed by atoms with E-state index in [9.17, 15) is 14.4 Å². The molecule has 0 radical (unpaired) electrons. The number of aromatic nitrogens is 2. The first-order valence-electron chi connectivity index (χ1n) is 6.93. The van der Waals surface area contributed by atoms with Gasteiger partial charge in [0.2, 0.25) is 0 Å². The molecule has 1 aliphatic heterocycles. The second-order valence-corrected chi connectivity index (χ2v) is 6.27. The van der Waals surface area contributed by atoms with Gasteiger partial charge in [-0.25, -0.2) is 9.78 Å². The highest BCUT2D eigenvalue weighted by molar-refractivity contribution is 7.20. The van der Waals surface area contributed by atoms with Crippen molar-refractivity contribution >= 4 is 33.4 Å². The molecule has 1 unspecified atom stereocenters. The van der Waals surface area contributed by atoms with Crippen molar-refractivity contribution < 1.29 is 14.3 Å². The number of primary amides is 1. The molecule has 116 valence electrons. The predicted molar refractivity (Wildman–Crippen MR) is 81.0 cm³/mol. The van der Waals surface area contributed by atoms with Crippen molar-refractivity contribution in [3.63, 3.8) is 0 Å². The minimum Gasteiger partial charge on any atom is -0.448 e. The van der Waals surface area contributed by atoms with Gasteiger partial charge in [-0.15, -0.1) is 11.3 Å². The number of esters is 1. The van der Waals surface area contributed by atoms with Crippen molar-refractivity contribution in [2.45, 2.75) is 39.3 Å². The SMILES string of the molecule is Cc1c(C(=O)OC(C)C(N)=O)sc2nc3n(c(=O)c12)CCC3. The van der Waals surface area contributed by atoms with Gasteiger partial charge in [-0.1, -0.05) is 0 Å². The van der Waals surface area contributed by atoms with Crippen LogP contribution < -0.4 is 11.3 Å². The van der Waals surface area contributed by atoms with Crippen LogP contribution in [-0.2, 0) is 22.5 Å². The van der Waals surface area contributed by atoms with Gasteiger partial charge in [-0.05, 0) is 25.8 Å². The maximum atomic E-state index is 12.5. The molecule has 3 heterocycles. The van der Waals surface area contributed by atoms with E-state index < -0.39 is 18.0 Å². The molecular weight excluding hydrogens is 306 g/mol. The molecule has 1 aliphatic rings. The summed E-state index contributed by atoms with van der Waals surface area (Å²) in [5.41, 5.74) is 5.51. The zero-order valence-corrected chi connectivity index (χ0v) is 13.0. The molecule has 1 atom stereocenters. The predicted octanol–water partition coefficient (Wildman–Crippen LogP) is 0.743. The number of nitrogens with zero attached hydrogens (tertiary/aromatic N) is 2. The summed E-state index contributed by atoms with van der Waals surface area (Å²) >= 11 is 1.11. The van der Waals surface area contributed by atoms with Gasteiger partial charge in [-0.3, -0.25) is 14.2 Å². The molecule has 0 aliphatic carbocycles. The van der Waals surface area contributed by atoms with Gasteiger partial charge >= 0.3 is 5.97 Å². The smallest absolute Gasteiger partial charge is 0.349 e. The molecule has 8 heteroatoms. The average Bonchev–Trinajstić information content (AvgIpc) is 3.04. The highest BCUT2D eigenvalue weighted by atomic mass is 32.1. The third kappa shape index (κ3) is 2.19. The monoisotopic (exact) mass is 321 g/mol. The van der Waals surface area contributed by atoms with E-state index in [1.54, 1.807) is 11.5 Å². The first-order valence-corrected chi connectivity index (χ1v) is 7.75. The van der Waals surface area contributed by atoms with Crippen LogP contribution in [-0.4, -0.2) is 27.5 Å². The minimum absolute atomic E-state index is 0.117. The van der Waals surface area contributed by atoms with E-state index >= 15 is 0 Å². The maximum Gasteiger partial charge on any atom is 0.349 e. The summed E-state index contributed by atoms with van der Waals surface area (Å²) in [4.78, 5) is 41.0. The highest BCUT2D eigenvalue weighted by Crippen LogP contribution is 2.29. The lowest BCUT2D eigenvalue weighted by molar-refractivity contribution is -0.125. The number of carbonyl (C=O) groups excluding carboxylic acids is 2. The molecule has 0 fully saturated rings. The molecule has 2 aromatic rings. The van der Waals surface area contributed by atoms with Gasteiger partial charge < -0.3 is 10.5 Å². The lowest BCUT2D eigenvalue weighted by atomic mass is 10.2. The normalized spacial score (nSPS) is 14.8.